The van der Waals surface area contributed by atoms with Crippen molar-refractivity contribution < 1.29 is 14.4 Å². The maximum atomic E-state index is 11.6. The topological polar surface area (TPSA) is 115 Å². The van der Waals surface area contributed by atoms with Gasteiger partial charge in [0.2, 0.25) is 17.7 Å². The van der Waals surface area contributed by atoms with Crippen LogP contribution in [0.3, 0.4) is 0 Å². The molecule has 3 amide bonds. The Kier molecular flexibility index (Phi) is 6.45. The van der Waals surface area contributed by atoms with Crippen LogP contribution in [0.25, 0.3) is 0 Å². The molecule has 0 unspecified atom stereocenters. The van der Waals surface area contributed by atoms with Gasteiger partial charge in [0.25, 0.3) is 0 Å². The van der Waals surface area contributed by atoms with Crippen LogP contribution in [0, 0.1) is 0 Å². The molecule has 0 heterocycles. The highest BCUT2D eigenvalue weighted by atomic mass is 35.5. The fourth-order valence-electron chi connectivity index (χ4n) is 1.66. The van der Waals surface area contributed by atoms with Crippen LogP contribution in [0.5, 0.6) is 0 Å². The van der Waals surface area contributed by atoms with E-state index in [1.165, 1.54) is 0 Å². The van der Waals surface area contributed by atoms with Crippen molar-refractivity contribution in [1.82, 2.24) is 5.32 Å². The third-order valence-corrected chi connectivity index (χ3v) is 3.47. The Morgan fingerprint density at radius 1 is 1.10 bits per heavy atom. The van der Waals surface area contributed by atoms with Crippen LogP contribution in [0.1, 0.15) is 18.4 Å². The van der Waals surface area contributed by atoms with Gasteiger partial charge >= 0.3 is 0 Å². The number of amides is 3. The van der Waals surface area contributed by atoms with E-state index in [4.69, 9.17) is 34.7 Å². The van der Waals surface area contributed by atoms with Crippen LogP contribution in [0.2, 0.25) is 10.0 Å². The highest BCUT2D eigenvalue weighted by Gasteiger charge is 2.23. The van der Waals surface area contributed by atoms with Crippen molar-refractivity contribution in [3.05, 3.63) is 33.8 Å². The summed E-state index contributed by atoms with van der Waals surface area (Å²) in [7, 11) is 0. The van der Waals surface area contributed by atoms with Gasteiger partial charge in [0, 0.05) is 6.42 Å². The molecule has 0 saturated heterocycles. The zero-order chi connectivity index (χ0) is 16.0. The molecule has 0 aliphatic rings. The number of halogens is 2. The summed E-state index contributed by atoms with van der Waals surface area (Å²) in [5.74, 6) is -2.45. The summed E-state index contributed by atoms with van der Waals surface area (Å²) in [6.45, 7) is 0. The molecule has 0 spiro atoms. The van der Waals surface area contributed by atoms with Gasteiger partial charge in [-0.15, -0.1) is 0 Å². The average molecular weight is 332 g/mol. The number of nitrogens with two attached hydrogens (primary N) is 2. The second-order valence-electron chi connectivity index (χ2n) is 4.41. The lowest BCUT2D eigenvalue weighted by atomic mass is 10.1. The Hall–Kier alpha value is -1.79. The lowest BCUT2D eigenvalue weighted by Gasteiger charge is -2.11. The largest absolute Gasteiger partial charge is 0.367 e. The number of aryl methyl sites for hydroxylation is 1. The van der Waals surface area contributed by atoms with Gasteiger partial charge in [0.15, 0.2) is 6.04 Å². The molecule has 0 aliphatic heterocycles. The molecule has 0 radical (unpaired) electrons. The molecule has 5 N–H and O–H groups in total. The number of nitrogens with one attached hydrogen (secondary N) is 1. The minimum Gasteiger partial charge on any atom is -0.367 e. The van der Waals surface area contributed by atoms with E-state index in [1.54, 1.807) is 12.1 Å². The predicted octanol–water partition coefficient (Wildman–Crippen LogP) is 0.771. The van der Waals surface area contributed by atoms with Gasteiger partial charge in [-0.3, -0.25) is 14.4 Å². The number of carbonyl (C=O) groups is 3. The van der Waals surface area contributed by atoms with Crippen molar-refractivity contribution in [2.45, 2.75) is 25.3 Å². The monoisotopic (exact) mass is 331 g/mol. The van der Waals surface area contributed by atoms with E-state index in [0.29, 0.717) is 22.9 Å². The molecular formula is C13H15Cl2N3O3. The first kappa shape index (κ1) is 17.3. The van der Waals surface area contributed by atoms with Crippen LogP contribution in [-0.2, 0) is 20.8 Å². The minimum atomic E-state index is -1.48. The number of carbonyl (C=O) groups excluding carboxylic acids is 3. The first-order chi connectivity index (χ1) is 9.81. The molecule has 0 aromatic heterocycles. The first-order valence-corrected chi connectivity index (χ1v) is 6.88. The Balaban J connectivity index is 2.44. The van der Waals surface area contributed by atoms with E-state index in [9.17, 15) is 14.4 Å². The number of hydrogen-bond acceptors (Lipinski definition) is 3. The number of rotatable bonds is 7. The highest BCUT2D eigenvalue weighted by molar-refractivity contribution is 6.42. The van der Waals surface area contributed by atoms with Crippen molar-refractivity contribution in [1.29, 1.82) is 0 Å². The maximum absolute atomic E-state index is 11.6. The molecule has 6 nitrogen and oxygen atoms in total. The SMILES string of the molecule is NC(=O)C(NC(=O)CCCc1ccc(Cl)c(Cl)c1)C(N)=O. The maximum Gasteiger partial charge on any atom is 0.249 e. The molecule has 0 fully saturated rings. The van der Waals surface area contributed by atoms with Crippen LogP contribution >= 0.6 is 23.2 Å². The zero-order valence-corrected chi connectivity index (χ0v) is 12.6. The van der Waals surface area contributed by atoms with E-state index >= 15 is 0 Å². The average Bonchev–Trinajstić information content (AvgIpc) is 2.39. The lowest BCUT2D eigenvalue weighted by molar-refractivity contribution is -0.134. The smallest absolute Gasteiger partial charge is 0.249 e. The summed E-state index contributed by atoms with van der Waals surface area (Å²) >= 11 is 11.7. The summed E-state index contributed by atoms with van der Waals surface area (Å²) in [4.78, 5) is 33.4. The van der Waals surface area contributed by atoms with E-state index in [-0.39, 0.29) is 6.42 Å². The number of primary amides is 2. The molecule has 0 saturated carbocycles. The van der Waals surface area contributed by atoms with Crippen LogP contribution in [0.4, 0.5) is 0 Å². The second kappa shape index (κ2) is 7.85. The third-order valence-electron chi connectivity index (χ3n) is 2.73. The zero-order valence-electron chi connectivity index (χ0n) is 11.1. The van der Waals surface area contributed by atoms with E-state index < -0.39 is 23.8 Å². The summed E-state index contributed by atoms with van der Waals surface area (Å²) in [5.41, 5.74) is 10.8. The summed E-state index contributed by atoms with van der Waals surface area (Å²) in [6, 6.07) is 3.72. The molecule has 0 bridgehead atoms. The van der Waals surface area contributed by atoms with Crippen LogP contribution < -0.4 is 16.8 Å². The third kappa shape index (κ3) is 5.61. The van der Waals surface area contributed by atoms with Crippen molar-refractivity contribution in [3.8, 4) is 0 Å². The van der Waals surface area contributed by atoms with Gasteiger partial charge < -0.3 is 16.8 Å². The molecule has 0 atom stereocenters. The lowest BCUT2D eigenvalue weighted by Crippen LogP contribution is -2.52. The Morgan fingerprint density at radius 3 is 2.24 bits per heavy atom. The molecular weight excluding hydrogens is 317 g/mol. The van der Waals surface area contributed by atoms with Crippen molar-refractivity contribution in [3.63, 3.8) is 0 Å². The van der Waals surface area contributed by atoms with Gasteiger partial charge in [-0.2, -0.15) is 0 Å². The first-order valence-electron chi connectivity index (χ1n) is 6.13. The fourth-order valence-corrected chi connectivity index (χ4v) is 1.98. The number of hydrogen-bond donors (Lipinski definition) is 3. The number of benzene rings is 1. The molecule has 21 heavy (non-hydrogen) atoms. The molecule has 1 rings (SSSR count). The summed E-state index contributed by atoms with van der Waals surface area (Å²) in [6.07, 6.45) is 1.23. The van der Waals surface area contributed by atoms with Gasteiger partial charge in [-0.25, -0.2) is 0 Å². The Labute approximate surface area is 131 Å². The van der Waals surface area contributed by atoms with Crippen molar-refractivity contribution in [2.24, 2.45) is 11.5 Å². The van der Waals surface area contributed by atoms with Gasteiger partial charge in [-0.1, -0.05) is 29.3 Å². The van der Waals surface area contributed by atoms with Gasteiger partial charge in [0.1, 0.15) is 0 Å². The molecule has 1 aromatic carbocycles. The molecule has 114 valence electrons. The van der Waals surface area contributed by atoms with E-state index in [0.717, 1.165) is 5.56 Å². The molecule has 1 aromatic rings. The quantitative estimate of drug-likeness (QED) is 0.641. The molecule has 0 aliphatic carbocycles. The highest BCUT2D eigenvalue weighted by Crippen LogP contribution is 2.23. The van der Waals surface area contributed by atoms with Crippen LogP contribution in [-0.4, -0.2) is 23.8 Å². The van der Waals surface area contributed by atoms with E-state index in [2.05, 4.69) is 5.32 Å². The van der Waals surface area contributed by atoms with Gasteiger partial charge in [-0.05, 0) is 30.5 Å². The standard InChI is InChI=1S/C13H15Cl2N3O3/c14-8-5-4-7(6-9(8)15)2-1-3-10(19)18-11(12(16)20)13(17)21/h4-6,11H,1-3H2,(H2,16,20)(H2,17,21)(H,18,19). The Bertz CT molecular complexity index is 550. The van der Waals surface area contributed by atoms with Crippen molar-refractivity contribution in [2.75, 3.05) is 0 Å². The predicted molar refractivity (Wildman–Crippen MR) is 79.7 cm³/mol. The minimum absolute atomic E-state index is 0.122. The van der Waals surface area contributed by atoms with Crippen molar-refractivity contribution >= 4 is 40.9 Å². The Morgan fingerprint density at radius 2 is 1.71 bits per heavy atom. The second-order valence-corrected chi connectivity index (χ2v) is 5.22. The molecule has 8 heteroatoms. The summed E-state index contributed by atoms with van der Waals surface area (Å²) in [5, 5.41) is 3.09. The fraction of sp³-hybridized carbons (Fsp3) is 0.308. The van der Waals surface area contributed by atoms with Crippen LogP contribution in [0.15, 0.2) is 18.2 Å². The van der Waals surface area contributed by atoms with Gasteiger partial charge in [0.05, 0.1) is 10.0 Å². The normalized spacial score (nSPS) is 10.4. The van der Waals surface area contributed by atoms with E-state index in [1.807, 2.05) is 6.07 Å². The summed E-state index contributed by atoms with van der Waals surface area (Å²) < 4.78 is 0.